The van der Waals surface area contributed by atoms with Gasteiger partial charge in [-0.2, -0.15) is 9.78 Å². The zero-order chi connectivity index (χ0) is 22.5. The molecule has 0 aliphatic heterocycles. The van der Waals surface area contributed by atoms with Crippen molar-refractivity contribution in [3.8, 4) is 0 Å². The Balaban J connectivity index is 1.85. The lowest BCUT2D eigenvalue weighted by Crippen LogP contribution is -2.07. The van der Waals surface area contributed by atoms with Crippen molar-refractivity contribution in [2.24, 2.45) is 5.10 Å². The topological polar surface area (TPSA) is 116 Å². The maximum absolute atomic E-state index is 13.6. The van der Waals surface area contributed by atoms with E-state index in [0.717, 1.165) is 0 Å². The number of nitrogen functional groups attached to an aromatic ring is 1. The van der Waals surface area contributed by atoms with Gasteiger partial charge in [-0.1, -0.05) is 35.3 Å². The molecule has 2 aromatic carbocycles. The smallest absolute Gasteiger partial charge is 0.214 e. The van der Waals surface area contributed by atoms with Gasteiger partial charge in [0.05, 0.1) is 33.4 Å². The van der Waals surface area contributed by atoms with Crippen molar-refractivity contribution in [3.05, 3.63) is 76.7 Å². The number of hydrogen-bond acceptors (Lipinski definition) is 7. The molecule has 0 radical (unpaired) electrons. The molecule has 0 saturated carbocycles. The quantitative estimate of drug-likeness (QED) is 0.366. The first-order valence-electron chi connectivity index (χ1n) is 9.21. The molecular formula is C21H13Cl2N5O3S. The Bertz CT molecular complexity index is 1630. The van der Waals surface area contributed by atoms with Crippen LogP contribution in [0.2, 0.25) is 10.0 Å². The summed E-state index contributed by atoms with van der Waals surface area (Å²) in [7, 11) is -4.23. The van der Waals surface area contributed by atoms with Crippen LogP contribution < -0.4 is 5.73 Å². The van der Waals surface area contributed by atoms with Gasteiger partial charge in [0.2, 0.25) is 9.84 Å². The maximum atomic E-state index is 13.6. The Kier molecular flexibility index (Phi) is 4.89. The van der Waals surface area contributed by atoms with E-state index >= 15 is 0 Å². The number of hydrogen-bond donors (Lipinski definition) is 1. The molecule has 11 heteroatoms. The van der Waals surface area contributed by atoms with Gasteiger partial charge in [-0.05, 0) is 42.5 Å². The molecule has 0 fully saturated rings. The summed E-state index contributed by atoms with van der Waals surface area (Å²) in [4.78, 5) is 8.64. The second-order valence-electron chi connectivity index (χ2n) is 6.75. The van der Waals surface area contributed by atoms with E-state index in [4.69, 9.17) is 33.4 Å². The second-order valence-corrected chi connectivity index (χ2v) is 9.45. The number of halogens is 2. The van der Waals surface area contributed by atoms with Gasteiger partial charge in [0.15, 0.2) is 5.65 Å². The van der Waals surface area contributed by atoms with E-state index < -0.39 is 9.84 Å². The Hall–Kier alpha value is -3.40. The van der Waals surface area contributed by atoms with Gasteiger partial charge >= 0.3 is 0 Å². The number of para-hydroxylation sites is 2. The summed E-state index contributed by atoms with van der Waals surface area (Å²) in [6, 6.07) is 14.6. The van der Waals surface area contributed by atoms with Gasteiger partial charge in [-0.25, -0.2) is 18.4 Å². The standard InChI is InChI=1S/C21H13Cl2N5O3S/c22-12-7-8-14(23)17(10-12)32(29,30)19-18-21(27-16-6-2-1-5-15(16)26-18)28(20(19)24)25-11-13-4-3-9-31-13/h1-11H,24H2. The summed E-state index contributed by atoms with van der Waals surface area (Å²) in [5.74, 6) is 0.274. The minimum atomic E-state index is -4.23. The zero-order valence-electron chi connectivity index (χ0n) is 16.1. The molecule has 0 amide bonds. The van der Waals surface area contributed by atoms with Crippen LogP contribution in [0.25, 0.3) is 22.2 Å². The van der Waals surface area contributed by atoms with Crippen LogP contribution in [0.1, 0.15) is 5.76 Å². The third kappa shape index (κ3) is 3.31. The molecule has 0 unspecified atom stereocenters. The third-order valence-electron chi connectivity index (χ3n) is 4.72. The Morgan fingerprint density at radius 2 is 1.78 bits per heavy atom. The minimum absolute atomic E-state index is 0.00235. The van der Waals surface area contributed by atoms with Crippen LogP contribution in [0, 0.1) is 0 Å². The van der Waals surface area contributed by atoms with Crippen molar-refractivity contribution in [2.75, 3.05) is 5.73 Å². The number of nitrogens with zero attached hydrogens (tertiary/aromatic N) is 4. The van der Waals surface area contributed by atoms with Crippen LogP contribution in [0.5, 0.6) is 0 Å². The summed E-state index contributed by atoms with van der Waals surface area (Å²) in [6.45, 7) is 0. The van der Waals surface area contributed by atoms with Crippen molar-refractivity contribution in [3.63, 3.8) is 0 Å². The summed E-state index contributed by atoms with van der Waals surface area (Å²) in [6.07, 6.45) is 2.89. The number of rotatable bonds is 4. The normalized spacial score (nSPS) is 12.3. The first kappa shape index (κ1) is 20.5. The van der Waals surface area contributed by atoms with Crippen LogP contribution in [0.4, 0.5) is 5.82 Å². The van der Waals surface area contributed by atoms with Gasteiger partial charge in [0.1, 0.15) is 22.0 Å². The minimum Gasteiger partial charge on any atom is -0.463 e. The van der Waals surface area contributed by atoms with Crippen LogP contribution in [0.3, 0.4) is 0 Å². The highest BCUT2D eigenvalue weighted by Gasteiger charge is 2.32. The summed E-state index contributed by atoms with van der Waals surface area (Å²) < 4.78 is 33.8. The predicted molar refractivity (Wildman–Crippen MR) is 123 cm³/mol. The molecule has 5 aromatic rings. The molecule has 32 heavy (non-hydrogen) atoms. The molecule has 5 rings (SSSR count). The van der Waals surface area contributed by atoms with Crippen molar-refractivity contribution in [1.82, 2.24) is 14.6 Å². The van der Waals surface area contributed by atoms with Crippen LogP contribution in [0.15, 0.2) is 80.2 Å². The Labute approximate surface area is 191 Å². The lowest BCUT2D eigenvalue weighted by atomic mass is 10.3. The fourth-order valence-corrected chi connectivity index (χ4v) is 5.52. The van der Waals surface area contributed by atoms with Crippen molar-refractivity contribution >= 4 is 67.3 Å². The lowest BCUT2D eigenvalue weighted by molar-refractivity contribution is 0.559. The first-order chi connectivity index (χ1) is 15.4. The molecular weight excluding hydrogens is 473 g/mol. The molecule has 3 heterocycles. The number of furan rings is 1. The number of nitrogens with two attached hydrogens (primary N) is 1. The molecule has 3 aromatic heterocycles. The fraction of sp³-hybridized carbons (Fsp3) is 0. The van der Waals surface area contributed by atoms with E-state index in [2.05, 4.69) is 15.1 Å². The average Bonchev–Trinajstić information content (AvgIpc) is 3.38. The van der Waals surface area contributed by atoms with E-state index in [9.17, 15) is 8.42 Å². The number of aromatic nitrogens is 3. The average molecular weight is 486 g/mol. The van der Waals surface area contributed by atoms with E-state index in [1.54, 1.807) is 36.4 Å². The van der Waals surface area contributed by atoms with Crippen molar-refractivity contribution in [2.45, 2.75) is 9.79 Å². The highest BCUT2D eigenvalue weighted by atomic mass is 35.5. The van der Waals surface area contributed by atoms with Crippen LogP contribution in [-0.4, -0.2) is 29.3 Å². The van der Waals surface area contributed by atoms with Gasteiger partial charge in [0.25, 0.3) is 0 Å². The fourth-order valence-electron chi connectivity index (χ4n) is 3.28. The largest absolute Gasteiger partial charge is 0.463 e. The zero-order valence-corrected chi connectivity index (χ0v) is 18.4. The van der Waals surface area contributed by atoms with Crippen LogP contribution >= 0.6 is 23.2 Å². The van der Waals surface area contributed by atoms with Crippen molar-refractivity contribution in [1.29, 1.82) is 0 Å². The second kappa shape index (κ2) is 7.63. The van der Waals surface area contributed by atoms with Gasteiger partial charge < -0.3 is 10.2 Å². The Morgan fingerprint density at radius 3 is 2.50 bits per heavy atom. The summed E-state index contributed by atoms with van der Waals surface area (Å²) in [5.41, 5.74) is 7.60. The third-order valence-corrected chi connectivity index (χ3v) is 7.26. The summed E-state index contributed by atoms with van der Waals surface area (Å²) in [5, 5.41) is 4.51. The van der Waals surface area contributed by atoms with E-state index in [1.165, 1.54) is 35.4 Å². The molecule has 0 saturated heterocycles. The van der Waals surface area contributed by atoms with Gasteiger partial charge in [0, 0.05) is 5.02 Å². The van der Waals surface area contributed by atoms with Gasteiger partial charge in [-0.15, -0.1) is 0 Å². The monoisotopic (exact) mass is 485 g/mol. The lowest BCUT2D eigenvalue weighted by Gasteiger charge is -2.07. The highest BCUT2D eigenvalue weighted by Crippen LogP contribution is 2.38. The van der Waals surface area contributed by atoms with Crippen molar-refractivity contribution < 1.29 is 12.8 Å². The highest BCUT2D eigenvalue weighted by molar-refractivity contribution is 7.92. The van der Waals surface area contributed by atoms with Gasteiger partial charge in [-0.3, -0.25) is 0 Å². The molecule has 0 bridgehead atoms. The molecule has 8 nitrogen and oxygen atoms in total. The number of benzene rings is 2. The van der Waals surface area contributed by atoms with E-state index in [1.807, 2.05) is 0 Å². The predicted octanol–water partition coefficient (Wildman–Crippen LogP) is 4.78. The number of fused-ring (bicyclic) bond motifs is 2. The molecule has 0 aliphatic rings. The molecule has 0 atom stereocenters. The Morgan fingerprint density at radius 1 is 1.03 bits per heavy atom. The molecule has 0 spiro atoms. The summed E-state index contributed by atoms with van der Waals surface area (Å²) >= 11 is 12.2. The first-order valence-corrected chi connectivity index (χ1v) is 11.4. The molecule has 160 valence electrons. The maximum Gasteiger partial charge on any atom is 0.214 e. The molecule has 2 N–H and O–H groups in total. The van der Waals surface area contributed by atoms with Crippen LogP contribution in [-0.2, 0) is 9.84 Å². The SMILES string of the molecule is Nc1c(S(=O)(=O)c2cc(Cl)ccc2Cl)c2nc3ccccc3nc2n1N=Cc1ccco1. The van der Waals surface area contributed by atoms with E-state index in [-0.39, 0.29) is 36.8 Å². The molecule has 0 aliphatic carbocycles. The number of anilines is 1. The number of sulfone groups is 1. The van der Waals surface area contributed by atoms with E-state index in [0.29, 0.717) is 16.8 Å².